The molecule has 3 rings (SSSR count). The van der Waals surface area contributed by atoms with Gasteiger partial charge in [0.25, 0.3) is 0 Å². The van der Waals surface area contributed by atoms with E-state index in [1.165, 1.54) is 12.1 Å². The molecule has 3 aromatic carbocycles. The van der Waals surface area contributed by atoms with Crippen molar-refractivity contribution in [3.8, 4) is 23.0 Å². The number of carbonyl (C=O) groups is 1. The zero-order valence-electron chi connectivity index (χ0n) is 18.5. The van der Waals surface area contributed by atoms with E-state index in [-0.39, 0.29) is 11.7 Å². The van der Waals surface area contributed by atoms with E-state index in [0.29, 0.717) is 33.5 Å². The van der Waals surface area contributed by atoms with E-state index in [1.807, 2.05) is 6.08 Å². The Labute approximate surface area is 197 Å². The number of halogens is 1. The summed E-state index contributed by atoms with van der Waals surface area (Å²) < 4.78 is 16.1. The number of nitrogens with one attached hydrogen (secondary N) is 1. The maximum absolute atomic E-state index is 12.5. The van der Waals surface area contributed by atoms with E-state index < -0.39 is 0 Å². The molecule has 0 unspecified atom stereocenters. The fraction of sp³-hybridized carbons (Fsp3) is 0.115. The van der Waals surface area contributed by atoms with Crippen LogP contribution in [0, 0.1) is 0 Å². The van der Waals surface area contributed by atoms with E-state index >= 15 is 0 Å². The molecule has 0 saturated carbocycles. The highest BCUT2D eigenvalue weighted by Crippen LogP contribution is 2.39. The predicted molar refractivity (Wildman–Crippen MR) is 132 cm³/mol. The minimum Gasteiger partial charge on any atom is -0.506 e. The van der Waals surface area contributed by atoms with Crippen molar-refractivity contribution in [1.82, 2.24) is 0 Å². The molecule has 0 aromatic heterocycles. The molecule has 0 radical (unpaired) electrons. The van der Waals surface area contributed by atoms with E-state index in [9.17, 15) is 9.90 Å². The van der Waals surface area contributed by atoms with E-state index in [0.717, 1.165) is 11.1 Å². The summed E-state index contributed by atoms with van der Waals surface area (Å²) in [6.45, 7) is 0. The number of amides is 1. The van der Waals surface area contributed by atoms with Crippen LogP contribution >= 0.6 is 11.6 Å². The van der Waals surface area contributed by atoms with Gasteiger partial charge in [0, 0.05) is 16.7 Å². The Morgan fingerprint density at radius 1 is 0.879 bits per heavy atom. The second kappa shape index (κ2) is 11.1. The molecule has 1 amide bonds. The first-order valence-electron chi connectivity index (χ1n) is 10.00. The molecule has 0 heterocycles. The van der Waals surface area contributed by atoms with E-state index in [2.05, 4.69) is 5.32 Å². The first-order valence-corrected chi connectivity index (χ1v) is 10.4. The minimum absolute atomic E-state index is 0.0460. The number of carbonyl (C=O) groups excluding carboxylic acids is 1. The topological polar surface area (TPSA) is 77.0 Å². The van der Waals surface area contributed by atoms with E-state index in [1.54, 1.807) is 82.0 Å². The van der Waals surface area contributed by atoms with Gasteiger partial charge in [-0.3, -0.25) is 4.79 Å². The Morgan fingerprint density at radius 3 is 2.15 bits per heavy atom. The summed E-state index contributed by atoms with van der Waals surface area (Å²) in [7, 11) is 4.63. The highest BCUT2D eigenvalue weighted by molar-refractivity contribution is 6.30. The third-order valence-corrected chi connectivity index (χ3v) is 5.01. The Morgan fingerprint density at radius 2 is 1.55 bits per heavy atom. The highest BCUT2D eigenvalue weighted by atomic mass is 35.5. The lowest BCUT2D eigenvalue weighted by molar-refractivity contribution is -0.111. The standard InChI is InChI=1S/C26H24ClNO5/c1-31-22-15-18(16-23(32-2)26(22)33-3)7-11-19-5-4-6-21(29)25(19)28-24(30)14-10-17-8-12-20(27)13-9-17/h4-16,29H,1-3H3,(H,28,30)/b11-7+,14-10+. The number of phenols is 1. The number of rotatable bonds is 8. The third-order valence-electron chi connectivity index (χ3n) is 4.76. The molecule has 2 N–H and O–H groups in total. The molecular formula is C26H24ClNO5. The third kappa shape index (κ3) is 6.08. The Balaban J connectivity index is 1.84. The smallest absolute Gasteiger partial charge is 0.248 e. The molecule has 0 fully saturated rings. The molecular weight excluding hydrogens is 442 g/mol. The minimum atomic E-state index is -0.381. The van der Waals surface area contributed by atoms with Crippen LogP contribution < -0.4 is 19.5 Å². The molecule has 0 atom stereocenters. The lowest BCUT2D eigenvalue weighted by Crippen LogP contribution is -2.09. The summed E-state index contributed by atoms with van der Waals surface area (Å²) >= 11 is 5.88. The van der Waals surface area contributed by atoms with Gasteiger partial charge in [-0.05, 0) is 47.5 Å². The molecule has 33 heavy (non-hydrogen) atoms. The first-order chi connectivity index (χ1) is 15.9. The molecule has 170 valence electrons. The van der Waals surface area contributed by atoms with Gasteiger partial charge in [-0.15, -0.1) is 0 Å². The molecule has 7 heteroatoms. The molecule has 0 spiro atoms. The lowest BCUT2D eigenvalue weighted by atomic mass is 10.1. The molecule has 0 aliphatic rings. The second-order valence-electron chi connectivity index (χ2n) is 6.91. The average molecular weight is 466 g/mol. The van der Waals surface area contributed by atoms with Crippen molar-refractivity contribution in [2.75, 3.05) is 26.6 Å². The Bertz CT molecular complexity index is 1160. The largest absolute Gasteiger partial charge is 0.506 e. The van der Waals surface area contributed by atoms with Crippen LogP contribution in [0.25, 0.3) is 18.2 Å². The van der Waals surface area contributed by atoms with Crippen molar-refractivity contribution in [1.29, 1.82) is 0 Å². The van der Waals surface area contributed by atoms with Crippen LogP contribution in [0.5, 0.6) is 23.0 Å². The first kappa shape index (κ1) is 23.8. The van der Waals surface area contributed by atoms with Crippen LogP contribution in [-0.2, 0) is 4.79 Å². The number of aromatic hydroxyl groups is 1. The van der Waals surface area contributed by atoms with Gasteiger partial charge in [-0.1, -0.05) is 48.0 Å². The maximum atomic E-state index is 12.5. The fourth-order valence-electron chi connectivity index (χ4n) is 3.13. The van der Waals surface area contributed by atoms with Crippen LogP contribution in [0.4, 0.5) is 5.69 Å². The summed E-state index contributed by atoms with van der Waals surface area (Å²) in [6.07, 6.45) is 6.65. The van der Waals surface area contributed by atoms with Crippen LogP contribution in [0.3, 0.4) is 0 Å². The molecule has 0 saturated heterocycles. The molecule has 0 aliphatic heterocycles. The summed E-state index contributed by atoms with van der Waals surface area (Å²) in [5.74, 6) is 1.11. The zero-order valence-corrected chi connectivity index (χ0v) is 19.2. The lowest BCUT2D eigenvalue weighted by Gasteiger charge is -2.13. The average Bonchev–Trinajstić information content (AvgIpc) is 2.83. The Kier molecular flexibility index (Phi) is 8.00. The highest BCUT2D eigenvalue weighted by Gasteiger charge is 2.13. The van der Waals surface area contributed by atoms with Crippen LogP contribution in [0.15, 0.2) is 60.7 Å². The van der Waals surface area contributed by atoms with Gasteiger partial charge < -0.3 is 24.6 Å². The monoisotopic (exact) mass is 465 g/mol. The molecule has 3 aromatic rings. The van der Waals surface area contributed by atoms with Crippen molar-refractivity contribution in [3.63, 3.8) is 0 Å². The summed E-state index contributed by atoms with van der Waals surface area (Å²) in [4.78, 5) is 12.5. The van der Waals surface area contributed by atoms with Crippen LogP contribution in [0.1, 0.15) is 16.7 Å². The number of anilines is 1. The normalized spacial score (nSPS) is 11.0. The van der Waals surface area contributed by atoms with Crippen LogP contribution in [0.2, 0.25) is 5.02 Å². The maximum Gasteiger partial charge on any atom is 0.248 e. The van der Waals surface area contributed by atoms with Crippen molar-refractivity contribution < 1.29 is 24.1 Å². The second-order valence-corrected chi connectivity index (χ2v) is 7.34. The number of hydrogen-bond donors (Lipinski definition) is 2. The van der Waals surface area contributed by atoms with Gasteiger partial charge in [-0.25, -0.2) is 0 Å². The number of ether oxygens (including phenoxy) is 3. The number of benzene rings is 3. The fourth-order valence-corrected chi connectivity index (χ4v) is 3.25. The van der Waals surface area contributed by atoms with E-state index in [4.69, 9.17) is 25.8 Å². The van der Waals surface area contributed by atoms with Gasteiger partial charge in [0.05, 0.1) is 27.0 Å². The number of hydrogen-bond acceptors (Lipinski definition) is 5. The molecule has 0 bridgehead atoms. The van der Waals surface area contributed by atoms with Gasteiger partial charge in [0.15, 0.2) is 11.5 Å². The Hall–Kier alpha value is -3.90. The SMILES string of the molecule is COc1cc(/C=C/c2cccc(O)c2NC(=O)/C=C/c2ccc(Cl)cc2)cc(OC)c1OC. The zero-order chi connectivity index (χ0) is 23.8. The van der Waals surface area contributed by atoms with Crippen molar-refractivity contribution >= 4 is 41.4 Å². The van der Waals surface area contributed by atoms with Gasteiger partial charge in [0.1, 0.15) is 5.75 Å². The summed E-state index contributed by atoms with van der Waals surface area (Å²) in [5, 5.41) is 13.7. The van der Waals surface area contributed by atoms with Crippen molar-refractivity contribution in [3.05, 3.63) is 82.4 Å². The van der Waals surface area contributed by atoms with Gasteiger partial charge in [0.2, 0.25) is 11.7 Å². The van der Waals surface area contributed by atoms with Crippen LogP contribution in [-0.4, -0.2) is 32.3 Å². The van der Waals surface area contributed by atoms with Crippen molar-refractivity contribution in [2.24, 2.45) is 0 Å². The number of methoxy groups -OCH3 is 3. The number of phenolic OH excluding ortho intramolecular Hbond substituents is 1. The molecule has 0 aliphatic carbocycles. The quantitative estimate of drug-likeness (QED) is 0.246. The number of para-hydroxylation sites is 1. The van der Waals surface area contributed by atoms with Gasteiger partial charge >= 0.3 is 0 Å². The van der Waals surface area contributed by atoms with Crippen molar-refractivity contribution in [2.45, 2.75) is 0 Å². The molecule has 6 nitrogen and oxygen atoms in total. The summed E-state index contributed by atoms with van der Waals surface area (Å²) in [6, 6.07) is 15.7. The predicted octanol–water partition coefficient (Wildman–Crippen LogP) is 5.89. The summed E-state index contributed by atoms with van der Waals surface area (Å²) in [5.41, 5.74) is 2.53. The van der Waals surface area contributed by atoms with Gasteiger partial charge in [-0.2, -0.15) is 0 Å².